The van der Waals surface area contributed by atoms with Gasteiger partial charge in [0.25, 0.3) is 0 Å². The van der Waals surface area contributed by atoms with Gasteiger partial charge in [-0.15, -0.1) is 0 Å². The molecule has 1 atom stereocenters. The van der Waals surface area contributed by atoms with Gasteiger partial charge in [-0.05, 0) is 25.8 Å². The molecule has 0 aliphatic carbocycles. The zero-order chi connectivity index (χ0) is 14.4. The number of likely N-dealkylation sites (tertiary alicyclic amines) is 1. The molecule has 1 saturated heterocycles. The van der Waals surface area contributed by atoms with Gasteiger partial charge in [-0.1, -0.05) is 30.3 Å². The van der Waals surface area contributed by atoms with Crippen LogP contribution in [0.5, 0.6) is 0 Å². The SMILES string of the molecule is CCOP(OCC)C1CCN(Cc2ccccc2)C1=O. The maximum Gasteiger partial charge on any atom is 0.235 e. The van der Waals surface area contributed by atoms with Crippen molar-refractivity contribution in [3.63, 3.8) is 0 Å². The summed E-state index contributed by atoms with van der Waals surface area (Å²) in [7, 11) is -1.09. The van der Waals surface area contributed by atoms with Crippen molar-refractivity contribution in [3.05, 3.63) is 35.9 Å². The summed E-state index contributed by atoms with van der Waals surface area (Å²) in [5.41, 5.74) is 1.06. The molecule has 0 N–H and O–H groups in total. The minimum Gasteiger partial charge on any atom is -0.338 e. The summed E-state index contributed by atoms with van der Waals surface area (Å²) < 4.78 is 11.3. The van der Waals surface area contributed by atoms with Gasteiger partial charge in [-0.3, -0.25) is 4.79 Å². The molecule has 1 aromatic carbocycles. The third kappa shape index (κ3) is 3.78. The summed E-state index contributed by atoms with van der Waals surface area (Å²) >= 11 is 0. The number of benzene rings is 1. The second-order valence-corrected chi connectivity index (χ2v) is 6.38. The lowest BCUT2D eigenvalue weighted by Crippen LogP contribution is -2.29. The highest BCUT2D eigenvalue weighted by molar-refractivity contribution is 7.49. The molecule has 5 heteroatoms. The third-order valence-corrected chi connectivity index (χ3v) is 5.27. The minimum absolute atomic E-state index is 0.103. The first-order chi connectivity index (χ1) is 9.76. The molecule has 0 aromatic heterocycles. The molecule has 110 valence electrons. The van der Waals surface area contributed by atoms with Gasteiger partial charge >= 0.3 is 0 Å². The van der Waals surface area contributed by atoms with Gasteiger partial charge in [0.1, 0.15) is 5.66 Å². The largest absolute Gasteiger partial charge is 0.338 e. The highest BCUT2D eigenvalue weighted by Gasteiger charge is 2.39. The number of carbonyl (C=O) groups excluding carboxylic acids is 1. The normalized spacial score (nSPS) is 19.1. The molecule has 1 unspecified atom stereocenters. The summed E-state index contributed by atoms with van der Waals surface area (Å²) in [6.45, 7) is 6.53. The van der Waals surface area contributed by atoms with Gasteiger partial charge in [-0.2, -0.15) is 0 Å². The van der Waals surface area contributed by atoms with Crippen LogP contribution in [-0.4, -0.2) is 36.2 Å². The van der Waals surface area contributed by atoms with Crippen molar-refractivity contribution in [2.75, 3.05) is 19.8 Å². The Morgan fingerprint density at radius 2 is 1.85 bits per heavy atom. The smallest absolute Gasteiger partial charge is 0.235 e. The van der Waals surface area contributed by atoms with Crippen LogP contribution in [0.25, 0.3) is 0 Å². The average molecular weight is 295 g/mol. The summed E-state index contributed by atoms with van der Waals surface area (Å²) in [5.74, 6) is 0.168. The van der Waals surface area contributed by atoms with E-state index < -0.39 is 8.38 Å². The lowest BCUT2D eigenvalue weighted by atomic mass is 10.2. The van der Waals surface area contributed by atoms with Crippen molar-refractivity contribution in [1.82, 2.24) is 4.90 Å². The van der Waals surface area contributed by atoms with E-state index in [4.69, 9.17) is 9.05 Å². The zero-order valence-corrected chi connectivity index (χ0v) is 13.0. The minimum atomic E-state index is -1.09. The van der Waals surface area contributed by atoms with Crippen LogP contribution in [0.4, 0.5) is 0 Å². The molecule has 1 amide bonds. The van der Waals surface area contributed by atoms with E-state index in [1.54, 1.807) is 0 Å². The Labute approximate surface area is 122 Å². The quantitative estimate of drug-likeness (QED) is 0.725. The van der Waals surface area contributed by atoms with Gasteiger partial charge < -0.3 is 13.9 Å². The second kappa shape index (κ2) is 7.72. The van der Waals surface area contributed by atoms with E-state index in [9.17, 15) is 4.79 Å². The molecule has 20 heavy (non-hydrogen) atoms. The van der Waals surface area contributed by atoms with Crippen molar-refractivity contribution in [3.8, 4) is 0 Å². The lowest BCUT2D eigenvalue weighted by Gasteiger charge is -2.22. The molecular formula is C15H22NO3P. The monoisotopic (exact) mass is 295 g/mol. The van der Waals surface area contributed by atoms with Crippen LogP contribution in [0.1, 0.15) is 25.8 Å². The maximum absolute atomic E-state index is 12.5. The summed E-state index contributed by atoms with van der Waals surface area (Å²) in [5, 5.41) is 0. The number of amides is 1. The van der Waals surface area contributed by atoms with E-state index in [2.05, 4.69) is 12.1 Å². The van der Waals surface area contributed by atoms with Gasteiger partial charge in [-0.25, -0.2) is 0 Å². The molecule has 4 nitrogen and oxygen atoms in total. The van der Waals surface area contributed by atoms with Crippen molar-refractivity contribution in [2.45, 2.75) is 32.5 Å². The first-order valence-electron chi connectivity index (χ1n) is 7.14. The van der Waals surface area contributed by atoms with E-state index in [1.165, 1.54) is 5.56 Å². The Morgan fingerprint density at radius 3 is 2.45 bits per heavy atom. The van der Waals surface area contributed by atoms with Crippen LogP contribution < -0.4 is 0 Å². The second-order valence-electron chi connectivity index (χ2n) is 4.67. The van der Waals surface area contributed by atoms with E-state index in [1.807, 2.05) is 36.9 Å². The van der Waals surface area contributed by atoms with Crippen molar-refractivity contribution >= 4 is 14.3 Å². The Balaban J connectivity index is 1.97. The van der Waals surface area contributed by atoms with E-state index >= 15 is 0 Å². The van der Waals surface area contributed by atoms with Crippen molar-refractivity contribution in [2.24, 2.45) is 0 Å². The van der Waals surface area contributed by atoms with E-state index in [0.29, 0.717) is 19.8 Å². The molecule has 1 aromatic rings. The number of nitrogens with zero attached hydrogens (tertiary/aromatic N) is 1. The van der Waals surface area contributed by atoms with Crippen LogP contribution in [0.3, 0.4) is 0 Å². The lowest BCUT2D eigenvalue weighted by molar-refractivity contribution is -0.128. The Kier molecular flexibility index (Phi) is 5.96. The molecule has 0 spiro atoms. The Bertz CT molecular complexity index is 420. The fourth-order valence-electron chi connectivity index (χ4n) is 2.35. The molecule has 1 aliphatic rings. The van der Waals surface area contributed by atoms with Crippen LogP contribution >= 0.6 is 8.38 Å². The first kappa shape index (κ1) is 15.4. The summed E-state index contributed by atoms with van der Waals surface area (Å²) in [6, 6.07) is 10.1. The molecule has 1 heterocycles. The van der Waals surface area contributed by atoms with Crippen LogP contribution in [-0.2, 0) is 20.4 Å². The maximum atomic E-state index is 12.5. The van der Waals surface area contributed by atoms with Gasteiger partial charge in [0.2, 0.25) is 5.91 Å². The molecule has 0 saturated carbocycles. The topological polar surface area (TPSA) is 38.8 Å². The van der Waals surface area contributed by atoms with Crippen LogP contribution in [0, 0.1) is 0 Å². The molecule has 2 rings (SSSR count). The number of hydrogen-bond acceptors (Lipinski definition) is 3. The standard InChI is InChI=1S/C15H22NO3P/c1-3-18-20(19-4-2)14-10-11-16(15(14)17)12-13-8-6-5-7-9-13/h5-9,14H,3-4,10-12H2,1-2H3. The zero-order valence-electron chi connectivity index (χ0n) is 12.1. The molecule has 0 bridgehead atoms. The molecular weight excluding hydrogens is 273 g/mol. The Hall–Kier alpha value is -0.960. The van der Waals surface area contributed by atoms with Gasteiger partial charge in [0, 0.05) is 13.1 Å². The van der Waals surface area contributed by atoms with Crippen LogP contribution in [0.2, 0.25) is 0 Å². The average Bonchev–Trinajstić information content (AvgIpc) is 2.81. The predicted molar refractivity (Wildman–Crippen MR) is 80.4 cm³/mol. The number of carbonyl (C=O) groups is 1. The number of hydrogen-bond donors (Lipinski definition) is 0. The van der Waals surface area contributed by atoms with Crippen molar-refractivity contribution < 1.29 is 13.8 Å². The van der Waals surface area contributed by atoms with E-state index in [-0.39, 0.29) is 11.6 Å². The Morgan fingerprint density at radius 1 is 1.20 bits per heavy atom. The fraction of sp³-hybridized carbons (Fsp3) is 0.533. The first-order valence-corrected chi connectivity index (χ1v) is 8.38. The van der Waals surface area contributed by atoms with Crippen LogP contribution in [0.15, 0.2) is 30.3 Å². The molecule has 1 aliphatic heterocycles. The third-order valence-electron chi connectivity index (χ3n) is 3.25. The summed E-state index contributed by atoms with van der Waals surface area (Å²) in [4.78, 5) is 14.4. The molecule has 1 fully saturated rings. The van der Waals surface area contributed by atoms with Crippen molar-refractivity contribution in [1.29, 1.82) is 0 Å². The van der Waals surface area contributed by atoms with Gasteiger partial charge in [0.05, 0.1) is 13.2 Å². The predicted octanol–water partition coefficient (Wildman–Crippen LogP) is 3.17. The van der Waals surface area contributed by atoms with Gasteiger partial charge in [0.15, 0.2) is 8.38 Å². The van der Waals surface area contributed by atoms with E-state index in [0.717, 1.165) is 13.0 Å². The molecule has 0 radical (unpaired) electrons. The number of rotatable bonds is 7. The fourth-order valence-corrected chi connectivity index (χ4v) is 3.96. The highest BCUT2D eigenvalue weighted by Crippen LogP contribution is 2.48. The summed E-state index contributed by atoms with van der Waals surface area (Å²) in [6.07, 6.45) is 0.831. The highest BCUT2D eigenvalue weighted by atomic mass is 31.2.